The van der Waals surface area contributed by atoms with Crippen molar-refractivity contribution < 1.29 is 9.53 Å². The lowest BCUT2D eigenvalue weighted by Crippen LogP contribution is -2.37. The maximum absolute atomic E-state index is 12.5. The number of nitrogen functional groups attached to an aromatic ring is 1. The third kappa shape index (κ3) is 3.43. The van der Waals surface area contributed by atoms with E-state index in [4.69, 9.17) is 22.1 Å². The van der Waals surface area contributed by atoms with Gasteiger partial charge in [-0.05, 0) is 18.4 Å². The third-order valence-electron chi connectivity index (χ3n) is 2.51. The lowest BCUT2D eigenvalue weighted by molar-refractivity contribution is -0.000175. The molecule has 0 aliphatic carbocycles. The number of ketones is 1. The molecule has 0 amide bonds. The number of hydrogen-bond acceptors (Lipinski definition) is 4. The summed E-state index contributed by atoms with van der Waals surface area (Å²) in [6.07, 6.45) is 0.852. The molecular weight excluding hydrogens is 252 g/mol. The van der Waals surface area contributed by atoms with Gasteiger partial charge < -0.3 is 10.5 Å². The van der Waals surface area contributed by atoms with Crippen LogP contribution in [-0.2, 0) is 4.74 Å². The van der Waals surface area contributed by atoms with E-state index in [0.717, 1.165) is 0 Å². The number of nitrogens with zero attached hydrogens (tertiary/aromatic N) is 1. The smallest absolute Gasteiger partial charge is 0.195 e. The van der Waals surface area contributed by atoms with Crippen LogP contribution in [0.5, 0.6) is 0 Å². The summed E-state index contributed by atoms with van der Waals surface area (Å²) in [5, 5.41) is 0.386. The first-order valence-electron chi connectivity index (χ1n) is 5.84. The zero-order valence-corrected chi connectivity index (χ0v) is 11.9. The molecule has 5 heteroatoms. The number of halogens is 1. The molecular formula is C13H19ClN2O2. The molecule has 18 heavy (non-hydrogen) atoms. The highest BCUT2D eigenvalue weighted by atomic mass is 35.5. The molecule has 0 aliphatic rings. The Morgan fingerprint density at radius 2 is 2.17 bits per heavy atom. The SMILES string of the molecule is CCOC(C(=O)c1cc(Cl)cnc1N)C(C)(C)C. The van der Waals surface area contributed by atoms with E-state index >= 15 is 0 Å². The van der Waals surface area contributed by atoms with Gasteiger partial charge in [0.2, 0.25) is 0 Å². The Balaban J connectivity index is 3.13. The Bertz CT molecular complexity index is 441. The molecule has 2 N–H and O–H groups in total. The van der Waals surface area contributed by atoms with Gasteiger partial charge in [-0.1, -0.05) is 32.4 Å². The predicted octanol–water partition coefficient (Wildman–Crippen LogP) is 2.95. The Labute approximate surface area is 112 Å². The van der Waals surface area contributed by atoms with Gasteiger partial charge in [-0.3, -0.25) is 4.79 Å². The lowest BCUT2D eigenvalue weighted by atomic mass is 9.84. The highest BCUT2D eigenvalue weighted by Gasteiger charge is 2.33. The molecule has 0 aliphatic heterocycles. The van der Waals surface area contributed by atoms with Crippen LogP contribution in [0, 0.1) is 5.41 Å². The van der Waals surface area contributed by atoms with E-state index in [9.17, 15) is 4.79 Å². The van der Waals surface area contributed by atoms with Crippen molar-refractivity contribution in [3.8, 4) is 0 Å². The van der Waals surface area contributed by atoms with Gasteiger partial charge >= 0.3 is 0 Å². The number of nitrogens with two attached hydrogens (primary N) is 1. The number of aromatic nitrogens is 1. The van der Waals surface area contributed by atoms with Crippen LogP contribution in [0.3, 0.4) is 0 Å². The van der Waals surface area contributed by atoms with Gasteiger partial charge in [0.05, 0.1) is 10.6 Å². The molecule has 0 radical (unpaired) electrons. The Hall–Kier alpha value is -1.13. The van der Waals surface area contributed by atoms with Gasteiger partial charge in [-0.2, -0.15) is 0 Å². The summed E-state index contributed by atoms with van der Waals surface area (Å²) in [6, 6.07) is 1.53. The summed E-state index contributed by atoms with van der Waals surface area (Å²) in [4.78, 5) is 16.3. The quantitative estimate of drug-likeness (QED) is 0.855. The number of rotatable bonds is 4. The van der Waals surface area contributed by atoms with Gasteiger partial charge in [0.15, 0.2) is 5.78 Å². The molecule has 4 nitrogen and oxygen atoms in total. The van der Waals surface area contributed by atoms with E-state index in [1.54, 1.807) is 0 Å². The molecule has 0 saturated heterocycles. The van der Waals surface area contributed by atoms with Gasteiger partial charge in [-0.25, -0.2) is 4.98 Å². The minimum Gasteiger partial charge on any atom is -0.383 e. The second-order valence-corrected chi connectivity index (χ2v) is 5.59. The van der Waals surface area contributed by atoms with Crippen LogP contribution >= 0.6 is 11.6 Å². The first-order chi connectivity index (χ1) is 8.27. The predicted molar refractivity (Wildman–Crippen MR) is 72.9 cm³/mol. The van der Waals surface area contributed by atoms with Crippen LogP contribution in [0.1, 0.15) is 38.1 Å². The molecule has 100 valence electrons. The zero-order chi connectivity index (χ0) is 13.9. The number of hydrogen-bond donors (Lipinski definition) is 1. The van der Waals surface area contributed by atoms with Crippen molar-refractivity contribution in [2.75, 3.05) is 12.3 Å². The number of pyridine rings is 1. The number of anilines is 1. The molecule has 1 atom stereocenters. The molecule has 1 rings (SSSR count). The summed E-state index contributed by atoms with van der Waals surface area (Å²) in [7, 11) is 0. The highest BCUT2D eigenvalue weighted by Crippen LogP contribution is 2.27. The number of ether oxygens (including phenoxy) is 1. The molecule has 1 heterocycles. The lowest BCUT2D eigenvalue weighted by Gasteiger charge is -2.29. The first kappa shape index (κ1) is 14.9. The minimum absolute atomic E-state index is 0.179. The summed E-state index contributed by atoms with van der Waals surface area (Å²) in [5.74, 6) is -0.00444. The maximum Gasteiger partial charge on any atom is 0.195 e. The molecule has 0 bridgehead atoms. The fraction of sp³-hybridized carbons (Fsp3) is 0.538. The van der Waals surface area contributed by atoms with Crippen molar-refractivity contribution in [3.05, 3.63) is 22.8 Å². The summed E-state index contributed by atoms with van der Waals surface area (Å²) in [5.41, 5.74) is 5.72. The second-order valence-electron chi connectivity index (χ2n) is 5.15. The van der Waals surface area contributed by atoms with Gasteiger partial charge in [0.1, 0.15) is 11.9 Å². The monoisotopic (exact) mass is 270 g/mol. The molecule has 0 fully saturated rings. The normalized spacial score (nSPS) is 13.4. The minimum atomic E-state index is -0.565. The molecule has 0 spiro atoms. The fourth-order valence-corrected chi connectivity index (χ4v) is 1.83. The fourth-order valence-electron chi connectivity index (χ4n) is 1.67. The van der Waals surface area contributed by atoms with Crippen LogP contribution in [0.15, 0.2) is 12.3 Å². The average molecular weight is 271 g/mol. The van der Waals surface area contributed by atoms with Crippen molar-refractivity contribution in [2.24, 2.45) is 5.41 Å². The largest absolute Gasteiger partial charge is 0.383 e. The third-order valence-corrected chi connectivity index (χ3v) is 2.72. The van der Waals surface area contributed by atoms with E-state index in [1.807, 2.05) is 27.7 Å². The molecule has 1 aromatic heterocycles. The number of Topliss-reactive ketones (excluding diaryl/α,β-unsaturated/α-hetero) is 1. The van der Waals surface area contributed by atoms with Crippen molar-refractivity contribution in [2.45, 2.75) is 33.8 Å². The Morgan fingerprint density at radius 1 is 1.56 bits per heavy atom. The van der Waals surface area contributed by atoms with Crippen LogP contribution < -0.4 is 5.73 Å². The van der Waals surface area contributed by atoms with Gasteiger partial charge in [-0.15, -0.1) is 0 Å². The van der Waals surface area contributed by atoms with Crippen LogP contribution in [0.25, 0.3) is 0 Å². The molecule has 1 unspecified atom stereocenters. The summed E-state index contributed by atoms with van der Waals surface area (Å²) < 4.78 is 5.54. The van der Waals surface area contributed by atoms with E-state index in [1.165, 1.54) is 12.3 Å². The number of carbonyl (C=O) groups is 1. The number of carbonyl (C=O) groups excluding carboxylic acids is 1. The topological polar surface area (TPSA) is 65.2 Å². The van der Waals surface area contributed by atoms with Crippen molar-refractivity contribution in [1.82, 2.24) is 4.98 Å². The van der Waals surface area contributed by atoms with E-state index in [0.29, 0.717) is 17.2 Å². The Kier molecular flexibility index (Phi) is 4.71. The molecule has 1 aromatic rings. The molecule has 0 saturated carbocycles. The Morgan fingerprint density at radius 3 is 2.67 bits per heavy atom. The standard InChI is InChI=1S/C13H19ClN2O2/c1-5-18-11(13(2,3)4)10(17)9-6-8(14)7-16-12(9)15/h6-7,11H,5H2,1-4H3,(H2,15,16). The van der Waals surface area contributed by atoms with Crippen molar-refractivity contribution >= 4 is 23.2 Å². The van der Waals surface area contributed by atoms with Crippen molar-refractivity contribution in [1.29, 1.82) is 0 Å². The maximum atomic E-state index is 12.5. The summed E-state index contributed by atoms with van der Waals surface area (Å²) in [6.45, 7) is 8.14. The average Bonchev–Trinajstić information content (AvgIpc) is 2.27. The van der Waals surface area contributed by atoms with E-state index in [-0.39, 0.29) is 17.0 Å². The zero-order valence-electron chi connectivity index (χ0n) is 11.2. The van der Waals surface area contributed by atoms with Crippen LogP contribution in [0.2, 0.25) is 5.02 Å². The second kappa shape index (κ2) is 5.67. The molecule has 0 aromatic carbocycles. The van der Waals surface area contributed by atoms with Gasteiger partial charge in [0, 0.05) is 12.8 Å². The summed E-state index contributed by atoms with van der Waals surface area (Å²) >= 11 is 5.85. The highest BCUT2D eigenvalue weighted by molar-refractivity contribution is 6.31. The van der Waals surface area contributed by atoms with Crippen molar-refractivity contribution in [3.63, 3.8) is 0 Å². The first-order valence-corrected chi connectivity index (χ1v) is 6.22. The van der Waals surface area contributed by atoms with Crippen LogP contribution in [-0.4, -0.2) is 23.5 Å². The van der Waals surface area contributed by atoms with E-state index < -0.39 is 6.10 Å². The van der Waals surface area contributed by atoms with Crippen LogP contribution in [0.4, 0.5) is 5.82 Å². The van der Waals surface area contributed by atoms with E-state index in [2.05, 4.69) is 4.98 Å². The van der Waals surface area contributed by atoms with Gasteiger partial charge in [0.25, 0.3) is 0 Å².